The van der Waals surface area contributed by atoms with Gasteiger partial charge in [0, 0.05) is 17.1 Å². The molecule has 0 bridgehead atoms. The van der Waals surface area contributed by atoms with Gasteiger partial charge in [0.1, 0.15) is 5.69 Å². The fourth-order valence-electron chi connectivity index (χ4n) is 1.48. The van der Waals surface area contributed by atoms with Crippen LogP contribution in [0, 0.1) is 0 Å². The van der Waals surface area contributed by atoms with Crippen LogP contribution >= 0.6 is 15.9 Å². The van der Waals surface area contributed by atoms with Crippen LogP contribution < -0.4 is 11.1 Å². The first-order valence-electron chi connectivity index (χ1n) is 5.22. The molecule has 6 heteroatoms. The van der Waals surface area contributed by atoms with Crippen LogP contribution in [0.4, 0.5) is 5.95 Å². The Hall–Kier alpha value is -1.95. The van der Waals surface area contributed by atoms with Crippen LogP contribution in [-0.4, -0.2) is 22.9 Å². The molecule has 0 spiro atoms. The standard InChI is InChI=1S/C12H11BrN4O/c1-15-11(18)10-6-9(16-12(14)17-10)7-2-4-8(13)5-3-7/h2-6H,1H3,(H,15,18)(H2,14,16,17). The number of nitrogens with zero attached hydrogens (tertiary/aromatic N) is 2. The van der Waals surface area contributed by atoms with E-state index in [0.29, 0.717) is 5.69 Å². The second-order valence-electron chi connectivity index (χ2n) is 3.58. The SMILES string of the molecule is CNC(=O)c1cc(-c2ccc(Br)cc2)nc(N)n1. The first kappa shape index (κ1) is 12.5. The van der Waals surface area contributed by atoms with Crippen molar-refractivity contribution in [3.63, 3.8) is 0 Å². The summed E-state index contributed by atoms with van der Waals surface area (Å²) in [5.41, 5.74) is 7.35. The molecular weight excluding hydrogens is 296 g/mol. The zero-order chi connectivity index (χ0) is 13.1. The van der Waals surface area contributed by atoms with Crippen LogP contribution in [-0.2, 0) is 0 Å². The molecule has 0 aliphatic heterocycles. The molecule has 2 aromatic rings. The zero-order valence-corrected chi connectivity index (χ0v) is 11.2. The summed E-state index contributed by atoms with van der Waals surface area (Å²) in [6.45, 7) is 0. The summed E-state index contributed by atoms with van der Waals surface area (Å²) in [6.07, 6.45) is 0. The minimum absolute atomic E-state index is 0.0778. The molecule has 92 valence electrons. The number of hydrogen-bond donors (Lipinski definition) is 2. The molecule has 0 aliphatic carbocycles. The van der Waals surface area contributed by atoms with Gasteiger partial charge >= 0.3 is 0 Å². The normalized spacial score (nSPS) is 10.1. The van der Waals surface area contributed by atoms with Crippen molar-refractivity contribution < 1.29 is 4.79 Å². The second kappa shape index (κ2) is 5.14. The number of halogens is 1. The summed E-state index contributed by atoms with van der Waals surface area (Å²) in [6, 6.07) is 9.18. The van der Waals surface area contributed by atoms with Crippen molar-refractivity contribution in [1.82, 2.24) is 15.3 Å². The number of aromatic nitrogens is 2. The maximum Gasteiger partial charge on any atom is 0.269 e. The number of carbonyl (C=O) groups excluding carboxylic acids is 1. The van der Waals surface area contributed by atoms with Crippen molar-refractivity contribution in [2.24, 2.45) is 0 Å². The van der Waals surface area contributed by atoms with E-state index in [2.05, 4.69) is 31.2 Å². The van der Waals surface area contributed by atoms with E-state index < -0.39 is 0 Å². The van der Waals surface area contributed by atoms with Crippen molar-refractivity contribution in [3.05, 3.63) is 40.5 Å². The molecule has 1 aromatic carbocycles. The number of amides is 1. The summed E-state index contributed by atoms with van der Waals surface area (Å²) in [7, 11) is 1.54. The van der Waals surface area contributed by atoms with E-state index in [4.69, 9.17) is 5.73 Å². The third kappa shape index (κ3) is 2.65. The largest absolute Gasteiger partial charge is 0.368 e. The predicted molar refractivity (Wildman–Crippen MR) is 73.0 cm³/mol. The van der Waals surface area contributed by atoms with Crippen LogP contribution in [0.5, 0.6) is 0 Å². The van der Waals surface area contributed by atoms with Gasteiger partial charge in [0.05, 0.1) is 5.69 Å². The highest BCUT2D eigenvalue weighted by Gasteiger charge is 2.10. The zero-order valence-electron chi connectivity index (χ0n) is 9.64. The van der Waals surface area contributed by atoms with E-state index in [9.17, 15) is 4.79 Å². The average molecular weight is 307 g/mol. The predicted octanol–water partition coefficient (Wildman–Crippen LogP) is 1.85. The van der Waals surface area contributed by atoms with Crippen LogP contribution in [0.2, 0.25) is 0 Å². The summed E-state index contributed by atoms with van der Waals surface area (Å²) in [5, 5.41) is 2.50. The lowest BCUT2D eigenvalue weighted by molar-refractivity contribution is 0.0958. The van der Waals surface area contributed by atoms with Crippen LogP contribution in [0.1, 0.15) is 10.5 Å². The first-order valence-corrected chi connectivity index (χ1v) is 6.02. The molecule has 3 N–H and O–H groups in total. The van der Waals surface area contributed by atoms with Gasteiger partial charge in [-0.1, -0.05) is 28.1 Å². The molecule has 0 saturated carbocycles. The molecule has 18 heavy (non-hydrogen) atoms. The number of anilines is 1. The summed E-state index contributed by atoms with van der Waals surface area (Å²) < 4.78 is 0.972. The van der Waals surface area contributed by atoms with E-state index in [0.717, 1.165) is 10.0 Å². The Labute approximate surface area is 113 Å². The smallest absolute Gasteiger partial charge is 0.269 e. The van der Waals surface area contributed by atoms with Gasteiger partial charge in [-0.05, 0) is 18.2 Å². The summed E-state index contributed by atoms with van der Waals surface area (Å²) >= 11 is 3.36. The molecule has 0 fully saturated rings. The second-order valence-corrected chi connectivity index (χ2v) is 4.50. The molecule has 5 nitrogen and oxygen atoms in total. The topological polar surface area (TPSA) is 80.9 Å². The molecule has 0 unspecified atom stereocenters. The van der Waals surface area contributed by atoms with Gasteiger partial charge in [-0.15, -0.1) is 0 Å². The Morgan fingerprint density at radius 3 is 2.56 bits per heavy atom. The van der Waals surface area contributed by atoms with Gasteiger partial charge in [0.15, 0.2) is 0 Å². The molecule has 0 atom stereocenters. The maximum absolute atomic E-state index is 11.5. The molecule has 2 rings (SSSR count). The number of benzene rings is 1. The third-order valence-electron chi connectivity index (χ3n) is 2.34. The van der Waals surface area contributed by atoms with Gasteiger partial charge in [0.2, 0.25) is 5.95 Å². The highest BCUT2D eigenvalue weighted by atomic mass is 79.9. The van der Waals surface area contributed by atoms with Crippen molar-refractivity contribution in [2.75, 3.05) is 12.8 Å². The lowest BCUT2D eigenvalue weighted by atomic mass is 10.1. The summed E-state index contributed by atoms with van der Waals surface area (Å²) in [4.78, 5) is 19.6. The minimum atomic E-state index is -0.289. The Bertz CT molecular complexity index is 583. The number of nitrogens with two attached hydrogens (primary N) is 1. The van der Waals surface area contributed by atoms with E-state index in [-0.39, 0.29) is 17.5 Å². The van der Waals surface area contributed by atoms with Crippen molar-refractivity contribution in [2.45, 2.75) is 0 Å². The molecule has 1 aromatic heterocycles. The van der Waals surface area contributed by atoms with Gasteiger partial charge in [-0.3, -0.25) is 4.79 Å². The Morgan fingerprint density at radius 2 is 1.94 bits per heavy atom. The molecule has 1 amide bonds. The number of rotatable bonds is 2. The Balaban J connectivity index is 2.48. The highest BCUT2D eigenvalue weighted by Crippen LogP contribution is 2.21. The number of hydrogen-bond acceptors (Lipinski definition) is 4. The van der Waals surface area contributed by atoms with E-state index in [1.54, 1.807) is 13.1 Å². The number of nitrogen functional groups attached to an aromatic ring is 1. The molecule has 1 heterocycles. The molecule has 0 aliphatic rings. The Morgan fingerprint density at radius 1 is 1.28 bits per heavy atom. The fraction of sp³-hybridized carbons (Fsp3) is 0.0833. The van der Waals surface area contributed by atoms with Crippen molar-refractivity contribution in [1.29, 1.82) is 0 Å². The quantitative estimate of drug-likeness (QED) is 0.887. The van der Waals surface area contributed by atoms with Gasteiger partial charge in [-0.2, -0.15) is 0 Å². The Kier molecular flexibility index (Phi) is 3.57. The monoisotopic (exact) mass is 306 g/mol. The molecule has 0 radical (unpaired) electrons. The van der Waals surface area contributed by atoms with Gasteiger partial charge < -0.3 is 11.1 Å². The molecular formula is C12H11BrN4O. The van der Waals surface area contributed by atoms with E-state index in [1.807, 2.05) is 24.3 Å². The fourth-order valence-corrected chi connectivity index (χ4v) is 1.74. The average Bonchev–Trinajstić information content (AvgIpc) is 2.38. The van der Waals surface area contributed by atoms with Crippen LogP contribution in [0.25, 0.3) is 11.3 Å². The number of nitrogens with one attached hydrogen (secondary N) is 1. The third-order valence-corrected chi connectivity index (χ3v) is 2.87. The molecule has 0 saturated heterocycles. The van der Waals surface area contributed by atoms with E-state index >= 15 is 0 Å². The first-order chi connectivity index (χ1) is 8.60. The number of carbonyl (C=O) groups is 1. The van der Waals surface area contributed by atoms with Crippen molar-refractivity contribution in [3.8, 4) is 11.3 Å². The maximum atomic E-state index is 11.5. The minimum Gasteiger partial charge on any atom is -0.368 e. The van der Waals surface area contributed by atoms with Crippen LogP contribution in [0.3, 0.4) is 0 Å². The summed E-state index contributed by atoms with van der Waals surface area (Å²) in [5.74, 6) is -0.212. The highest BCUT2D eigenvalue weighted by molar-refractivity contribution is 9.10. The lowest BCUT2D eigenvalue weighted by Crippen LogP contribution is -2.20. The van der Waals surface area contributed by atoms with Gasteiger partial charge in [0.25, 0.3) is 5.91 Å². The van der Waals surface area contributed by atoms with Crippen LogP contribution in [0.15, 0.2) is 34.8 Å². The lowest BCUT2D eigenvalue weighted by Gasteiger charge is -2.05. The van der Waals surface area contributed by atoms with Crippen molar-refractivity contribution >= 4 is 27.8 Å². The van der Waals surface area contributed by atoms with Gasteiger partial charge in [-0.25, -0.2) is 9.97 Å². The van der Waals surface area contributed by atoms with E-state index in [1.165, 1.54) is 0 Å².